The van der Waals surface area contributed by atoms with E-state index in [4.69, 9.17) is 8.83 Å². The molecule has 2 heterocycles. The molecule has 0 radical (unpaired) electrons. The van der Waals surface area contributed by atoms with Crippen LogP contribution in [0, 0.1) is 0 Å². The van der Waals surface area contributed by atoms with Crippen molar-refractivity contribution in [3.8, 4) is 22.3 Å². The van der Waals surface area contributed by atoms with Gasteiger partial charge in [0.25, 0.3) is 0 Å². The molecule has 0 aliphatic carbocycles. The van der Waals surface area contributed by atoms with Crippen molar-refractivity contribution in [2.75, 3.05) is 4.90 Å². The molecule has 3 nitrogen and oxygen atoms in total. The number of anilines is 3. The summed E-state index contributed by atoms with van der Waals surface area (Å²) in [6.07, 6.45) is 0. The van der Waals surface area contributed by atoms with E-state index < -0.39 is 0 Å². The summed E-state index contributed by atoms with van der Waals surface area (Å²) in [6.45, 7) is 0. The van der Waals surface area contributed by atoms with E-state index in [1.807, 2.05) is 24.3 Å². The fraction of sp³-hybridized carbons (Fsp3) is 0. The van der Waals surface area contributed by atoms with Gasteiger partial charge in [0.15, 0.2) is 0 Å². The van der Waals surface area contributed by atoms with Crippen LogP contribution >= 0.6 is 0 Å². The van der Waals surface area contributed by atoms with Crippen LogP contribution in [-0.4, -0.2) is 0 Å². The summed E-state index contributed by atoms with van der Waals surface area (Å²) in [4.78, 5) is 2.38. The monoisotopic (exact) mass is 627 g/mol. The Morgan fingerprint density at radius 1 is 0.327 bits per heavy atom. The average molecular weight is 628 g/mol. The highest BCUT2D eigenvalue weighted by Crippen LogP contribution is 2.46. The van der Waals surface area contributed by atoms with E-state index >= 15 is 0 Å². The van der Waals surface area contributed by atoms with Crippen molar-refractivity contribution in [1.29, 1.82) is 0 Å². The first kappa shape index (κ1) is 27.5. The normalized spacial score (nSPS) is 11.7. The minimum Gasteiger partial charge on any atom is -0.456 e. The summed E-state index contributed by atoms with van der Waals surface area (Å²) in [7, 11) is 0. The second-order valence-electron chi connectivity index (χ2n) is 12.5. The summed E-state index contributed by atoms with van der Waals surface area (Å²) >= 11 is 0. The maximum Gasteiger partial charge on any atom is 0.137 e. The van der Waals surface area contributed by atoms with Gasteiger partial charge < -0.3 is 13.7 Å². The Morgan fingerprint density at radius 2 is 0.857 bits per heavy atom. The summed E-state index contributed by atoms with van der Waals surface area (Å²) in [5, 5.41) is 6.89. The molecule has 0 N–H and O–H groups in total. The van der Waals surface area contributed by atoms with E-state index in [1.54, 1.807) is 0 Å². The molecule has 0 unspecified atom stereocenters. The number of benzene rings is 8. The standard InChI is InChI=1S/C46H29NO2/c1-2-12-31-27-32(22-21-30(31)11-1)35-13-3-7-17-41(35)47(34-24-25-39-37-15-5-9-19-43(37)49-46(39)29-34)42-18-8-4-14-36(42)33-23-26-45-40(28-33)38-16-6-10-20-44(38)48-45/h1-29H. The van der Waals surface area contributed by atoms with Gasteiger partial charge in [0.2, 0.25) is 0 Å². The van der Waals surface area contributed by atoms with Gasteiger partial charge in [0, 0.05) is 44.4 Å². The lowest BCUT2D eigenvalue weighted by Crippen LogP contribution is -2.12. The Bertz CT molecular complexity index is 2860. The van der Waals surface area contributed by atoms with Gasteiger partial charge in [-0.05, 0) is 76.5 Å². The van der Waals surface area contributed by atoms with E-state index in [1.165, 1.54) is 10.8 Å². The number of hydrogen-bond donors (Lipinski definition) is 0. The Balaban J connectivity index is 1.22. The van der Waals surface area contributed by atoms with E-state index in [-0.39, 0.29) is 0 Å². The molecule has 0 saturated heterocycles. The van der Waals surface area contributed by atoms with E-state index in [2.05, 4.69) is 157 Å². The highest BCUT2D eigenvalue weighted by Gasteiger charge is 2.22. The lowest BCUT2D eigenvalue weighted by molar-refractivity contribution is 0.668. The fourth-order valence-electron chi connectivity index (χ4n) is 7.34. The van der Waals surface area contributed by atoms with Crippen molar-refractivity contribution < 1.29 is 8.83 Å². The third-order valence-electron chi connectivity index (χ3n) is 9.66. The highest BCUT2D eigenvalue weighted by atomic mass is 16.3. The van der Waals surface area contributed by atoms with Gasteiger partial charge in [-0.25, -0.2) is 0 Å². The van der Waals surface area contributed by atoms with Crippen LogP contribution in [0.2, 0.25) is 0 Å². The van der Waals surface area contributed by atoms with Gasteiger partial charge in [0.1, 0.15) is 22.3 Å². The number of rotatable bonds is 5. The van der Waals surface area contributed by atoms with Gasteiger partial charge in [-0.1, -0.05) is 115 Å². The predicted molar refractivity (Wildman–Crippen MR) is 204 cm³/mol. The molecule has 2 aromatic heterocycles. The van der Waals surface area contributed by atoms with E-state index in [0.717, 1.165) is 83.2 Å². The zero-order valence-corrected chi connectivity index (χ0v) is 26.5. The molecule has 10 aromatic rings. The summed E-state index contributed by atoms with van der Waals surface area (Å²) in [5.41, 5.74) is 11.2. The van der Waals surface area contributed by atoms with Crippen LogP contribution in [0.15, 0.2) is 185 Å². The SMILES string of the molecule is c1ccc(N(c2ccc3c(c2)oc2ccccc23)c2ccccc2-c2ccc3oc4ccccc4c3c2)c(-c2ccc3ccccc3c2)c1. The number of fused-ring (bicyclic) bond motifs is 7. The molecule has 8 aromatic carbocycles. The Morgan fingerprint density at radius 3 is 1.61 bits per heavy atom. The van der Waals surface area contributed by atoms with Crippen LogP contribution in [0.1, 0.15) is 0 Å². The third kappa shape index (κ3) is 4.51. The number of para-hydroxylation sites is 4. The molecule has 0 amide bonds. The molecule has 3 heteroatoms. The van der Waals surface area contributed by atoms with E-state index in [0.29, 0.717) is 0 Å². The van der Waals surface area contributed by atoms with Crippen molar-refractivity contribution >= 4 is 71.7 Å². The molecular formula is C46H29NO2. The van der Waals surface area contributed by atoms with Crippen molar-refractivity contribution in [2.24, 2.45) is 0 Å². The van der Waals surface area contributed by atoms with E-state index in [9.17, 15) is 0 Å². The Kier molecular flexibility index (Phi) is 6.18. The molecule has 49 heavy (non-hydrogen) atoms. The second kappa shape index (κ2) is 11.0. The maximum atomic E-state index is 6.44. The van der Waals surface area contributed by atoms with Crippen LogP contribution in [0.3, 0.4) is 0 Å². The lowest BCUT2D eigenvalue weighted by atomic mass is 9.96. The maximum absolute atomic E-state index is 6.44. The zero-order chi connectivity index (χ0) is 32.3. The van der Waals surface area contributed by atoms with Crippen molar-refractivity contribution in [3.63, 3.8) is 0 Å². The van der Waals surface area contributed by atoms with Crippen LogP contribution in [-0.2, 0) is 0 Å². The van der Waals surface area contributed by atoms with Gasteiger partial charge in [-0.2, -0.15) is 0 Å². The van der Waals surface area contributed by atoms with Gasteiger partial charge in [0.05, 0.1) is 11.4 Å². The molecule has 0 fully saturated rings. The van der Waals surface area contributed by atoms with Crippen molar-refractivity contribution in [1.82, 2.24) is 0 Å². The molecule has 0 atom stereocenters. The Labute approximate surface area is 282 Å². The molecule has 0 aliphatic rings. The van der Waals surface area contributed by atoms with Crippen molar-refractivity contribution in [3.05, 3.63) is 176 Å². The smallest absolute Gasteiger partial charge is 0.137 e. The molecule has 0 spiro atoms. The molecule has 10 rings (SSSR count). The topological polar surface area (TPSA) is 29.5 Å². The van der Waals surface area contributed by atoms with Crippen LogP contribution in [0.4, 0.5) is 17.1 Å². The molecule has 0 bridgehead atoms. The summed E-state index contributed by atoms with van der Waals surface area (Å²) in [5.74, 6) is 0. The summed E-state index contributed by atoms with van der Waals surface area (Å²) in [6, 6.07) is 62.2. The van der Waals surface area contributed by atoms with Gasteiger partial charge in [-0.15, -0.1) is 0 Å². The highest BCUT2D eigenvalue weighted by molar-refractivity contribution is 6.08. The number of hydrogen-bond acceptors (Lipinski definition) is 3. The Hall–Kier alpha value is -6.58. The second-order valence-corrected chi connectivity index (χ2v) is 12.5. The van der Waals surface area contributed by atoms with Gasteiger partial charge >= 0.3 is 0 Å². The quantitative estimate of drug-likeness (QED) is 0.190. The zero-order valence-electron chi connectivity index (χ0n) is 26.5. The third-order valence-corrected chi connectivity index (χ3v) is 9.66. The fourth-order valence-corrected chi connectivity index (χ4v) is 7.34. The van der Waals surface area contributed by atoms with Crippen LogP contribution in [0.25, 0.3) is 76.9 Å². The lowest BCUT2D eigenvalue weighted by Gasteiger charge is -2.30. The average Bonchev–Trinajstić information content (AvgIpc) is 3.73. The van der Waals surface area contributed by atoms with Crippen LogP contribution < -0.4 is 4.90 Å². The minimum atomic E-state index is 0.857. The summed E-state index contributed by atoms with van der Waals surface area (Å²) < 4.78 is 12.6. The first-order valence-corrected chi connectivity index (χ1v) is 16.6. The molecule has 230 valence electrons. The first-order chi connectivity index (χ1) is 24.3. The van der Waals surface area contributed by atoms with Gasteiger partial charge in [-0.3, -0.25) is 0 Å². The van der Waals surface area contributed by atoms with Crippen molar-refractivity contribution in [2.45, 2.75) is 0 Å². The predicted octanol–water partition coefficient (Wildman–Crippen LogP) is 13.4. The number of nitrogens with zero attached hydrogens (tertiary/aromatic N) is 1. The van der Waals surface area contributed by atoms with Crippen LogP contribution in [0.5, 0.6) is 0 Å². The molecule has 0 saturated carbocycles. The minimum absolute atomic E-state index is 0.857. The molecular weight excluding hydrogens is 599 g/mol. The first-order valence-electron chi connectivity index (χ1n) is 16.6. The largest absolute Gasteiger partial charge is 0.456 e. The molecule has 0 aliphatic heterocycles. The number of furan rings is 2.